The Morgan fingerprint density at radius 2 is 0.846 bits per heavy atom. The normalized spacial score (nSPS) is 8.15. The summed E-state index contributed by atoms with van der Waals surface area (Å²) in [5.74, 6) is 0. The van der Waals surface area contributed by atoms with E-state index >= 15 is 0 Å². The van der Waals surface area contributed by atoms with Crippen LogP contribution in [0.25, 0.3) is 0 Å². The van der Waals surface area contributed by atoms with Gasteiger partial charge in [0.1, 0.15) is 0 Å². The molecule has 13 heavy (non-hydrogen) atoms. The number of aryl methyl sites for hydroxylation is 2. The van der Waals surface area contributed by atoms with Gasteiger partial charge in [-0.15, -0.1) is 0 Å². The molecular formula is C12H14Fe. The predicted octanol–water partition coefficient (Wildman–Crippen LogP) is 3.43. The maximum Gasteiger partial charge on any atom is 2.00 e. The van der Waals surface area contributed by atoms with Crippen molar-refractivity contribution in [2.45, 2.75) is 13.8 Å². The van der Waals surface area contributed by atoms with E-state index in [2.05, 4.69) is 38.1 Å². The summed E-state index contributed by atoms with van der Waals surface area (Å²) in [6.45, 7) is 4.17. The van der Waals surface area contributed by atoms with Crippen molar-refractivity contribution in [3.05, 3.63) is 59.7 Å². The van der Waals surface area contributed by atoms with Crippen molar-refractivity contribution in [1.29, 1.82) is 0 Å². The van der Waals surface area contributed by atoms with Gasteiger partial charge in [0.2, 0.25) is 0 Å². The molecule has 0 aliphatic rings. The summed E-state index contributed by atoms with van der Waals surface area (Å²) in [6, 6.07) is 16.5. The summed E-state index contributed by atoms with van der Waals surface area (Å²) < 4.78 is 0. The maximum atomic E-state index is 2.08. The molecule has 0 radical (unpaired) electrons. The first-order valence-corrected chi connectivity index (χ1v) is 4.15. The molecule has 0 fully saturated rings. The summed E-state index contributed by atoms with van der Waals surface area (Å²) in [7, 11) is 0. The van der Waals surface area contributed by atoms with Crippen LogP contribution in [0.5, 0.6) is 0 Å². The third kappa shape index (κ3) is 5.46. The second-order valence-corrected chi connectivity index (χ2v) is 2.92. The molecule has 0 atom stereocenters. The molecule has 2 aromatic carbocycles. The van der Waals surface area contributed by atoms with E-state index in [0.29, 0.717) is 0 Å². The molecule has 0 saturated heterocycles. The monoisotopic (exact) mass is 214 g/mol. The van der Waals surface area contributed by atoms with Crippen molar-refractivity contribution >= 4 is 0 Å². The molecule has 0 heterocycles. The number of rotatable bonds is 0. The third-order valence-corrected chi connectivity index (χ3v) is 1.66. The molecule has 0 aliphatic heterocycles. The Kier molecular flexibility index (Phi) is 6.30. The van der Waals surface area contributed by atoms with Gasteiger partial charge in [0.25, 0.3) is 0 Å². The molecule has 0 aromatic heterocycles. The van der Waals surface area contributed by atoms with Crippen LogP contribution in [0.4, 0.5) is 0 Å². The van der Waals surface area contributed by atoms with Crippen LogP contribution in [0.1, 0.15) is 11.1 Å². The average molecular weight is 214 g/mol. The Bertz CT molecular complexity index is 245. The van der Waals surface area contributed by atoms with Crippen LogP contribution in [0.15, 0.2) is 48.5 Å². The van der Waals surface area contributed by atoms with Crippen LogP contribution in [0, 0.1) is 13.8 Å². The van der Waals surface area contributed by atoms with Gasteiger partial charge in [-0.3, -0.25) is 0 Å². The molecule has 0 bridgehead atoms. The summed E-state index contributed by atoms with van der Waals surface area (Å²) in [5.41, 5.74) is 2.69. The van der Waals surface area contributed by atoms with Gasteiger partial charge in [-0.1, -0.05) is 13.8 Å². The molecular weight excluding hydrogens is 200 g/mol. The van der Waals surface area contributed by atoms with E-state index in [4.69, 9.17) is 0 Å². The Labute approximate surface area is 90.8 Å². The average Bonchev–Trinajstić information content (AvgIpc) is 2.63. The minimum Gasteiger partial charge on any atom is -0.213 e. The Morgan fingerprint density at radius 3 is 0.923 bits per heavy atom. The third-order valence-electron chi connectivity index (χ3n) is 1.66. The van der Waals surface area contributed by atoms with E-state index in [9.17, 15) is 0 Å². The second kappa shape index (κ2) is 6.71. The Morgan fingerprint density at radius 1 is 0.615 bits per heavy atom. The SMILES string of the molecule is C[c-]1cccc1.C[c-]1cccc1.[Fe+2]. The molecule has 2 rings (SSSR count). The smallest absolute Gasteiger partial charge is 0.213 e. The van der Waals surface area contributed by atoms with Gasteiger partial charge in [0.05, 0.1) is 0 Å². The van der Waals surface area contributed by atoms with Gasteiger partial charge in [0, 0.05) is 0 Å². The molecule has 2 aromatic rings. The van der Waals surface area contributed by atoms with E-state index in [-0.39, 0.29) is 17.1 Å². The fourth-order valence-electron chi connectivity index (χ4n) is 0.940. The van der Waals surface area contributed by atoms with Crippen molar-refractivity contribution in [3.8, 4) is 0 Å². The van der Waals surface area contributed by atoms with Crippen LogP contribution in [-0.2, 0) is 17.1 Å². The molecule has 0 spiro atoms. The number of hydrogen-bond donors (Lipinski definition) is 0. The quantitative estimate of drug-likeness (QED) is 0.465. The maximum absolute atomic E-state index is 2.08. The Balaban J connectivity index is 0.000000206. The van der Waals surface area contributed by atoms with Gasteiger partial charge in [-0.25, -0.2) is 24.3 Å². The minimum absolute atomic E-state index is 0. The van der Waals surface area contributed by atoms with Gasteiger partial charge in [-0.2, -0.15) is 35.4 Å². The van der Waals surface area contributed by atoms with Crippen molar-refractivity contribution in [2.24, 2.45) is 0 Å². The van der Waals surface area contributed by atoms with Gasteiger partial charge in [0.15, 0.2) is 0 Å². The van der Waals surface area contributed by atoms with E-state index in [1.165, 1.54) is 11.1 Å². The fourth-order valence-corrected chi connectivity index (χ4v) is 0.940. The van der Waals surface area contributed by atoms with E-state index < -0.39 is 0 Å². The molecule has 70 valence electrons. The van der Waals surface area contributed by atoms with Crippen LogP contribution in [0.3, 0.4) is 0 Å². The van der Waals surface area contributed by atoms with E-state index in [1.807, 2.05) is 24.3 Å². The van der Waals surface area contributed by atoms with Crippen molar-refractivity contribution in [2.75, 3.05) is 0 Å². The fraction of sp³-hybridized carbons (Fsp3) is 0.167. The van der Waals surface area contributed by atoms with E-state index in [0.717, 1.165) is 0 Å². The first-order chi connectivity index (χ1) is 5.79. The van der Waals surface area contributed by atoms with Crippen LogP contribution in [0.2, 0.25) is 0 Å². The van der Waals surface area contributed by atoms with Crippen molar-refractivity contribution in [3.63, 3.8) is 0 Å². The second-order valence-electron chi connectivity index (χ2n) is 2.92. The van der Waals surface area contributed by atoms with Crippen LogP contribution in [-0.4, -0.2) is 0 Å². The first kappa shape index (κ1) is 12.2. The predicted molar refractivity (Wildman–Crippen MR) is 53.5 cm³/mol. The summed E-state index contributed by atoms with van der Waals surface area (Å²) in [5, 5.41) is 0. The zero-order valence-corrected chi connectivity index (χ0v) is 9.08. The largest absolute Gasteiger partial charge is 2.00 e. The standard InChI is InChI=1S/2C6H7.Fe/c2*1-6-4-2-3-5-6;/h2*2-5H,1H3;/q2*-1;+2. The van der Waals surface area contributed by atoms with Gasteiger partial charge in [-0.05, 0) is 0 Å². The zero-order valence-electron chi connectivity index (χ0n) is 7.97. The van der Waals surface area contributed by atoms with Gasteiger partial charge < -0.3 is 0 Å². The minimum atomic E-state index is 0. The summed E-state index contributed by atoms with van der Waals surface area (Å²) in [6.07, 6.45) is 0. The van der Waals surface area contributed by atoms with Crippen LogP contribution >= 0.6 is 0 Å². The molecule has 0 unspecified atom stereocenters. The summed E-state index contributed by atoms with van der Waals surface area (Å²) >= 11 is 0. The molecule has 0 nitrogen and oxygen atoms in total. The zero-order chi connectivity index (χ0) is 8.81. The van der Waals surface area contributed by atoms with Gasteiger partial charge >= 0.3 is 17.1 Å². The first-order valence-electron chi connectivity index (χ1n) is 4.15. The van der Waals surface area contributed by atoms with Crippen molar-refractivity contribution in [1.82, 2.24) is 0 Å². The van der Waals surface area contributed by atoms with Crippen molar-refractivity contribution < 1.29 is 17.1 Å². The summed E-state index contributed by atoms with van der Waals surface area (Å²) in [4.78, 5) is 0. The topological polar surface area (TPSA) is 0 Å². The molecule has 0 saturated carbocycles. The molecule has 1 heteroatoms. The molecule has 0 aliphatic carbocycles. The molecule has 0 N–H and O–H groups in total. The number of hydrogen-bond acceptors (Lipinski definition) is 0. The van der Waals surface area contributed by atoms with Crippen LogP contribution < -0.4 is 0 Å². The van der Waals surface area contributed by atoms with E-state index in [1.54, 1.807) is 0 Å². The Hall–Kier alpha value is -0.781. The molecule has 0 amide bonds.